The molecule has 4 heteroatoms. The van der Waals surface area contributed by atoms with Gasteiger partial charge in [-0.2, -0.15) is 0 Å². The third-order valence-electron chi connectivity index (χ3n) is 1.60. The van der Waals surface area contributed by atoms with Gasteiger partial charge in [-0.05, 0) is 12.1 Å². The van der Waals surface area contributed by atoms with E-state index in [9.17, 15) is 0 Å². The largest absolute Gasteiger partial charge is 0.404 e. The van der Waals surface area contributed by atoms with Crippen LogP contribution in [0.3, 0.4) is 0 Å². The lowest BCUT2D eigenvalue weighted by atomic mass is 10.1. The smallest absolute Gasteiger partial charge is 0.170 e. The Labute approximate surface area is 77.0 Å². The highest BCUT2D eigenvalue weighted by Gasteiger charge is 2.00. The Morgan fingerprint density at radius 3 is 2.77 bits per heavy atom. The average molecular weight is 177 g/mol. The molecule has 0 aliphatic carbocycles. The first-order valence-electron chi connectivity index (χ1n) is 3.92. The summed E-state index contributed by atoms with van der Waals surface area (Å²) in [4.78, 5) is 6.86. The summed E-state index contributed by atoms with van der Waals surface area (Å²) < 4.78 is 0. The molecule has 0 atom stereocenters. The lowest BCUT2D eigenvalue weighted by Gasteiger charge is -1.97. The second-order valence-corrected chi connectivity index (χ2v) is 2.53. The third kappa shape index (κ3) is 2.30. The zero-order valence-corrected chi connectivity index (χ0v) is 7.49. The summed E-state index contributed by atoms with van der Waals surface area (Å²) in [6.45, 7) is 0. The highest BCUT2D eigenvalue weighted by atomic mass is 14.8. The van der Waals surface area contributed by atoms with Gasteiger partial charge in [-0.25, -0.2) is 4.98 Å². The van der Waals surface area contributed by atoms with Crippen LogP contribution in [0.25, 0.3) is 5.57 Å². The molecule has 0 spiro atoms. The maximum absolute atomic E-state index is 5.45. The highest BCUT2D eigenvalue weighted by molar-refractivity contribution is 6.06. The summed E-state index contributed by atoms with van der Waals surface area (Å²) >= 11 is 0. The standard InChI is InChI=1S/C9H12N4/c1-12-5-8(4-10)7-2-3-9(11)13-6-7/h2-6H,10H2,1H3,(H2,11,13)/p+1. The molecule has 5 N–H and O–H groups in total. The van der Waals surface area contributed by atoms with Crippen LogP contribution < -0.4 is 16.5 Å². The van der Waals surface area contributed by atoms with Gasteiger partial charge in [-0.1, -0.05) is 0 Å². The second kappa shape index (κ2) is 4.25. The molecule has 0 saturated carbocycles. The number of anilines is 1. The van der Waals surface area contributed by atoms with Crippen LogP contribution in [0, 0.1) is 0 Å². The van der Waals surface area contributed by atoms with Gasteiger partial charge in [0, 0.05) is 18.0 Å². The maximum atomic E-state index is 5.45. The van der Waals surface area contributed by atoms with Crippen molar-refractivity contribution in [3.05, 3.63) is 30.1 Å². The Kier molecular flexibility index (Phi) is 3.03. The first kappa shape index (κ1) is 9.25. The number of hydrogen-bond donors (Lipinski definition) is 3. The number of nitrogen functional groups attached to an aromatic ring is 1. The van der Waals surface area contributed by atoms with Crippen LogP contribution in [-0.2, 0) is 0 Å². The van der Waals surface area contributed by atoms with Crippen LogP contribution in [-0.4, -0.2) is 18.2 Å². The van der Waals surface area contributed by atoms with E-state index in [-0.39, 0.29) is 0 Å². The molecule has 13 heavy (non-hydrogen) atoms. The number of pyridine rings is 1. The quantitative estimate of drug-likeness (QED) is 0.494. The van der Waals surface area contributed by atoms with Crippen molar-refractivity contribution in [2.75, 3.05) is 12.8 Å². The Balaban J connectivity index is 3.00. The predicted molar refractivity (Wildman–Crippen MR) is 53.8 cm³/mol. The number of rotatable bonds is 2. The van der Waals surface area contributed by atoms with E-state index >= 15 is 0 Å². The summed E-state index contributed by atoms with van der Waals surface area (Å²) in [5.74, 6) is 0.504. The third-order valence-corrected chi connectivity index (χ3v) is 1.60. The zero-order valence-electron chi connectivity index (χ0n) is 7.49. The predicted octanol–water partition coefficient (Wildman–Crippen LogP) is -1.26. The lowest BCUT2D eigenvalue weighted by Crippen LogP contribution is -2.63. The Morgan fingerprint density at radius 1 is 1.54 bits per heavy atom. The van der Waals surface area contributed by atoms with E-state index in [2.05, 4.69) is 9.98 Å². The summed E-state index contributed by atoms with van der Waals surface area (Å²) in [5, 5.41) is 0. The van der Waals surface area contributed by atoms with Gasteiger partial charge in [0.15, 0.2) is 6.21 Å². The van der Waals surface area contributed by atoms with Gasteiger partial charge >= 0.3 is 0 Å². The van der Waals surface area contributed by atoms with Crippen LogP contribution in [0.2, 0.25) is 0 Å². The van der Waals surface area contributed by atoms with Crippen molar-refractivity contribution in [3.63, 3.8) is 0 Å². The van der Waals surface area contributed by atoms with Gasteiger partial charge in [0.25, 0.3) is 0 Å². The van der Waals surface area contributed by atoms with Crippen LogP contribution in [0.5, 0.6) is 0 Å². The molecule has 0 fully saturated rings. The Morgan fingerprint density at radius 2 is 2.31 bits per heavy atom. The number of allylic oxidation sites excluding steroid dienone is 1. The van der Waals surface area contributed by atoms with E-state index in [1.54, 1.807) is 18.5 Å². The topological polar surface area (TPSA) is 78.9 Å². The molecule has 1 aromatic heterocycles. The summed E-state index contributed by atoms with van der Waals surface area (Å²) in [7, 11) is 1.81. The van der Waals surface area contributed by atoms with Gasteiger partial charge in [0.1, 0.15) is 12.9 Å². The van der Waals surface area contributed by atoms with Crippen LogP contribution >= 0.6 is 0 Å². The minimum Gasteiger partial charge on any atom is -0.404 e. The molecule has 68 valence electrons. The van der Waals surface area contributed by atoms with E-state index < -0.39 is 0 Å². The minimum atomic E-state index is 0.504. The van der Waals surface area contributed by atoms with Gasteiger partial charge in [-0.3, -0.25) is 4.99 Å². The summed E-state index contributed by atoms with van der Waals surface area (Å²) in [6.07, 6.45) is 5.00. The van der Waals surface area contributed by atoms with Crippen molar-refractivity contribution in [3.8, 4) is 0 Å². The van der Waals surface area contributed by atoms with E-state index in [0.29, 0.717) is 5.82 Å². The van der Waals surface area contributed by atoms with Crippen molar-refractivity contribution in [2.45, 2.75) is 0 Å². The zero-order chi connectivity index (χ0) is 9.68. The van der Waals surface area contributed by atoms with Crippen molar-refractivity contribution in [2.24, 2.45) is 5.73 Å². The molecule has 0 aromatic carbocycles. The van der Waals surface area contributed by atoms with Crippen molar-refractivity contribution in [1.29, 1.82) is 0 Å². The van der Waals surface area contributed by atoms with E-state index in [1.165, 1.54) is 6.20 Å². The number of nitrogens with two attached hydrogens (primary N) is 2. The SMILES string of the molecule is C[NH+]=CC(=CN)c1ccc(N)nc1. The van der Waals surface area contributed by atoms with Crippen LogP contribution in [0.4, 0.5) is 5.82 Å². The first-order chi connectivity index (χ1) is 6.27. The minimum absolute atomic E-state index is 0.504. The molecular weight excluding hydrogens is 164 g/mol. The second-order valence-electron chi connectivity index (χ2n) is 2.53. The molecule has 0 saturated heterocycles. The van der Waals surface area contributed by atoms with Crippen molar-refractivity contribution in [1.82, 2.24) is 4.98 Å². The number of nitrogens with one attached hydrogen (secondary N) is 1. The fourth-order valence-electron chi connectivity index (χ4n) is 0.959. The molecule has 0 bridgehead atoms. The Hall–Kier alpha value is -1.84. The van der Waals surface area contributed by atoms with Gasteiger partial charge in [-0.15, -0.1) is 0 Å². The molecule has 0 unspecified atom stereocenters. The van der Waals surface area contributed by atoms with Crippen LogP contribution in [0.1, 0.15) is 5.56 Å². The first-order valence-corrected chi connectivity index (χ1v) is 3.92. The number of aromatic nitrogens is 1. The van der Waals surface area contributed by atoms with Gasteiger partial charge < -0.3 is 11.5 Å². The number of hydrogen-bond acceptors (Lipinski definition) is 3. The molecule has 0 aliphatic heterocycles. The fraction of sp³-hybridized carbons (Fsp3) is 0.111. The van der Waals surface area contributed by atoms with E-state index in [0.717, 1.165) is 11.1 Å². The average Bonchev–Trinajstić information content (AvgIpc) is 2.16. The summed E-state index contributed by atoms with van der Waals surface area (Å²) in [5.41, 5.74) is 12.7. The fourth-order valence-corrected chi connectivity index (χ4v) is 0.959. The normalized spacial score (nSPS) is 12.2. The van der Waals surface area contributed by atoms with Gasteiger partial charge in [0.05, 0.1) is 5.57 Å². The molecule has 0 radical (unpaired) electrons. The Bertz CT molecular complexity index is 324. The lowest BCUT2D eigenvalue weighted by molar-refractivity contribution is -0.412. The van der Waals surface area contributed by atoms with Crippen molar-refractivity contribution >= 4 is 17.6 Å². The molecular formula is C9H13N4+. The van der Waals surface area contributed by atoms with Gasteiger partial charge in [0.2, 0.25) is 0 Å². The molecule has 4 nitrogen and oxygen atoms in total. The maximum Gasteiger partial charge on any atom is 0.170 e. The molecule has 1 heterocycles. The van der Waals surface area contributed by atoms with Crippen molar-refractivity contribution < 1.29 is 4.99 Å². The van der Waals surface area contributed by atoms with E-state index in [1.807, 2.05) is 13.1 Å². The molecule has 1 aromatic rings. The summed E-state index contributed by atoms with van der Waals surface area (Å²) in [6, 6.07) is 3.61. The highest BCUT2D eigenvalue weighted by Crippen LogP contribution is 2.09. The number of nitrogens with zero attached hydrogens (tertiary/aromatic N) is 1. The van der Waals surface area contributed by atoms with Crippen LogP contribution in [0.15, 0.2) is 24.5 Å². The monoisotopic (exact) mass is 177 g/mol. The van der Waals surface area contributed by atoms with E-state index in [4.69, 9.17) is 11.5 Å². The molecule has 0 amide bonds. The molecule has 1 rings (SSSR count). The molecule has 0 aliphatic rings.